The molecular weight excluding hydrogens is 300 g/mol. The van der Waals surface area contributed by atoms with Gasteiger partial charge in [0.15, 0.2) is 0 Å². The molecule has 0 saturated heterocycles. The van der Waals surface area contributed by atoms with Gasteiger partial charge >= 0.3 is 11.2 Å². The lowest BCUT2D eigenvalue weighted by Gasteiger charge is -2.12. The highest BCUT2D eigenvalue weighted by Gasteiger charge is 2.25. The molecule has 0 saturated carbocycles. The summed E-state index contributed by atoms with van der Waals surface area (Å²) in [6.45, 7) is 0. The van der Waals surface area contributed by atoms with Crippen molar-refractivity contribution in [3.05, 3.63) is 63.1 Å². The van der Waals surface area contributed by atoms with Crippen molar-refractivity contribution in [3.63, 3.8) is 0 Å². The van der Waals surface area contributed by atoms with Crippen LogP contribution in [-0.2, 0) is 0 Å². The zero-order chi connectivity index (χ0) is 16.6. The second kappa shape index (κ2) is 5.41. The third kappa shape index (κ3) is 2.26. The third-order valence-corrected chi connectivity index (χ3v) is 3.44. The number of hydrogen-bond donors (Lipinski definition) is 1. The highest BCUT2D eigenvalue weighted by Crippen LogP contribution is 2.28. The maximum absolute atomic E-state index is 12.6. The number of fused-ring (bicyclic) bond motifs is 1. The molecule has 0 aliphatic rings. The first-order valence-electron chi connectivity index (χ1n) is 6.62. The summed E-state index contributed by atoms with van der Waals surface area (Å²) in [5.41, 5.74) is 4.75. The van der Waals surface area contributed by atoms with Crippen molar-refractivity contribution >= 4 is 22.4 Å². The lowest BCUT2D eigenvalue weighted by atomic mass is 10.2. The van der Waals surface area contributed by atoms with E-state index in [4.69, 9.17) is 10.5 Å². The van der Waals surface area contributed by atoms with Crippen molar-refractivity contribution in [2.24, 2.45) is 0 Å². The summed E-state index contributed by atoms with van der Waals surface area (Å²) in [6.07, 6.45) is 1.49. The van der Waals surface area contributed by atoms with Crippen LogP contribution in [0.5, 0.6) is 5.75 Å². The highest BCUT2D eigenvalue weighted by molar-refractivity contribution is 5.93. The number of ether oxygens (including phenoxy) is 1. The van der Waals surface area contributed by atoms with Gasteiger partial charge in [0.25, 0.3) is 0 Å². The number of pyridine rings is 2. The minimum atomic E-state index is -0.841. The number of nitrogen functional groups attached to an aromatic ring is 1. The number of methoxy groups -OCH3 is 1. The first-order valence-corrected chi connectivity index (χ1v) is 6.62. The zero-order valence-electron chi connectivity index (χ0n) is 12.1. The summed E-state index contributed by atoms with van der Waals surface area (Å²) in [6, 6.07) is 9.80. The van der Waals surface area contributed by atoms with E-state index < -0.39 is 16.2 Å². The van der Waals surface area contributed by atoms with Crippen LogP contribution in [0.4, 0.5) is 11.4 Å². The second-order valence-corrected chi connectivity index (χ2v) is 4.74. The summed E-state index contributed by atoms with van der Waals surface area (Å²) < 4.78 is 6.29. The molecule has 23 heavy (non-hydrogen) atoms. The van der Waals surface area contributed by atoms with Gasteiger partial charge in [0.1, 0.15) is 17.1 Å². The van der Waals surface area contributed by atoms with Crippen LogP contribution in [0.3, 0.4) is 0 Å². The fourth-order valence-corrected chi connectivity index (χ4v) is 2.40. The predicted molar refractivity (Wildman–Crippen MR) is 85.0 cm³/mol. The van der Waals surface area contributed by atoms with E-state index in [1.54, 1.807) is 36.4 Å². The molecule has 0 aliphatic heterocycles. The minimum absolute atomic E-state index is 0.192. The molecule has 116 valence electrons. The van der Waals surface area contributed by atoms with Crippen LogP contribution in [0, 0.1) is 10.1 Å². The Bertz CT molecular complexity index is 981. The minimum Gasteiger partial charge on any atom is -0.497 e. The van der Waals surface area contributed by atoms with E-state index in [1.807, 2.05) is 0 Å². The number of nitrogens with zero attached hydrogens (tertiary/aromatic N) is 3. The number of anilines is 1. The van der Waals surface area contributed by atoms with Gasteiger partial charge in [-0.1, -0.05) is 6.07 Å². The van der Waals surface area contributed by atoms with Crippen LogP contribution in [0.1, 0.15) is 0 Å². The van der Waals surface area contributed by atoms with Crippen LogP contribution in [-0.4, -0.2) is 21.6 Å². The summed E-state index contributed by atoms with van der Waals surface area (Å²) in [5, 5.41) is 11.6. The smallest absolute Gasteiger partial charge is 0.357 e. The zero-order valence-corrected chi connectivity index (χ0v) is 12.1. The molecule has 0 amide bonds. The van der Waals surface area contributed by atoms with Crippen LogP contribution in [0.25, 0.3) is 16.7 Å². The van der Waals surface area contributed by atoms with Crippen LogP contribution in [0.2, 0.25) is 0 Å². The fraction of sp³-hybridized carbons (Fsp3) is 0.0667. The van der Waals surface area contributed by atoms with E-state index in [0.717, 1.165) is 4.57 Å². The number of nitrogens with two attached hydrogens (primary N) is 1. The quantitative estimate of drug-likeness (QED) is 0.583. The van der Waals surface area contributed by atoms with Crippen molar-refractivity contribution in [2.45, 2.75) is 0 Å². The molecule has 0 aliphatic carbocycles. The summed E-state index contributed by atoms with van der Waals surface area (Å²) in [7, 11) is 1.49. The average molecular weight is 312 g/mol. The van der Waals surface area contributed by atoms with Gasteiger partial charge in [0.05, 0.1) is 17.7 Å². The molecule has 0 fully saturated rings. The molecule has 3 aromatic rings. The first-order chi connectivity index (χ1) is 11.0. The van der Waals surface area contributed by atoms with Crippen LogP contribution in [0.15, 0.2) is 47.4 Å². The van der Waals surface area contributed by atoms with E-state index in [1.165, 1.54) is 13.3 Å². The molecule has 2 N–H and O–H groups in total. The molecule has 0 atom stereocenters. The van der Waals surface area contributed by atoms with E-state index in [-0.39, 0.29) is 11.3 Å². The van der Waals surface area contributed by atoms with Gasteiger partial charge in [-0.15, -0.1) is 0 Å². The summed E-state index contributed by atoms with van der Waals surface area (Å²) >= 11 is 0. The maximum atomic E-state index is 12.6. The average Bonchev–Trinajstić information content (AvgIpc) is 2.55. The Morgan fingerprint density at radius 2 is 2.09 bits per heavy atom. The predicted octanol–water partition coefficient (Wildman–Crippen LogP) is 1.88. The Morgan fingerprint density at radius 1 is 1.30 bits per heavy atom. The number of benzene rings is 1. The van der Waals surface area contributed by atoms with Crippen molar-refractivity contribution in [1.29, 1.82) is 0 Å². The van der Waals surface area contributed by atoms with Crippen molar-refractivity contribution in [2.75, 3.05) is 12.8 Å². The molecule has 1 aromatic carbocycles. The second-order valence-electron chi connectivity index (χ2n) is 4.74. The van der Waals surface area contributed by atoms with Gasteiger partial charge in [-0.25, -0.2) is 4.98 Å². The molecule has 0 radical (unpaired) electrons. The van der Waals surface area contributed by atoms with Gasteiger partial charge in [0.2, 0.25) is 0 Å². The fourth-order valence-electron chi connectivity index (χ4n) is 2.40. The number of hydrogen-bond acceptors (Lipinski definition) is 6. The van der Waals surface area contributed by atoms with Crippen LogP contribution >= 0.6 is 0 Å². The monoisotopic (exact) mass is 312 g/mol. The molecule has 8 nitrogen and oxygen atoms in total. The molecule has 0 bridgehead atoms. The molecule has 3 rings (SSSR count). The van der Waals surface area contributed by atoms with E-state index in [2.05, 4.69) is 4.98 Å². The van der Waals surface area contributed by atoms with Gasteiger partial charge < -0.3 is 10.5 Å². The van der Waals surface area contributed by atoms with E-state index >= 15 is 0 Å². The lowest BCUT2D eigenvalue weighted by molar-refractivity contribution is -0.385. The molecule has 0 spiro atoms. The molecule has 2 heterocycles. The SMILES string of the molecule is COc1cccc(-n2c(=O)c([N+](=O)[O-])c(N)c3cccnc32)c1. The van der Waals surface area contributed by atoms with Gasteiger partial charge in [-0.05, 0) is 24.3 Å². The van der Waals surface area contributed by atoms with E-state index in [9.17, 15) is 14.9 Å². The van der Waals surface area contributed by atoms with Gasteiger partial charge in [-0.3, -0.25) is 19.5 Å². The molecule has 8 heteroatoms. The Labute approximate surface area is 129 Å². The molecule has 0 unspecified atom stereocenters. The normalized spacial score (nSPS) is 10.7. The third-order valence-electron chi connectivity index (χ3n) is 3.44. The van der Waals surface area contributed by atoms with Gasteiger partial charge in [0, 0.05) is 17.6 Å². The van der Waals surface area contributed by atoms with Crippen molar-refractivity contribution < 1.29 is 9.66 Å². The number of nitro groups is 1. The maximum Gasteiger partial charge on any atom is 0.357 e. The Hall–Kier alpha value is -3.42. The summed E-state index contributed by atoms with van der Waals surface area (Å²) in [4.78, 5) is 27.2. The topological polar surface area (TPSA) is 113 Å². The summed E-state index contributed by atoms with van der Waals surface area (Å²) in [5.74, 6) is 0.512. The van der Waals surface area contributed by atoms with Crippen molar-refractivity contribution in [3.8, 4) is 11.4 Å². The van der Waals surface area contributed by atoms with E-state index in [0.29, 0.717) is 16.8 Å². The van der Waals surface area contributed by atoms with Crippen molar-refractivity contribution in [1.82, 2.24) is 9.55 Å². The Balaban J connectivity index is 2.49. The first kappa shape index (κ1) is 14.5. The van der Waals surface area contributed by atoms with Gasteiger partial charge in [-0.2, -0.15) is 0 Å². The Morgan fingerprint density at radius 3 is 2.78 bits per heavy atom. The Kier molecular flexibility index (Phi) is 3.41. The van der Waals surface area contributed by atoms with Crippen LogP contribution < -0.4 is 16.0 Å². The molecular formula is C15H12N4O4. The standard InChI is InChI=1S/C15H12N4O4/c1-23-10-5-2-4-9(8-10)18-14-11(6-3-7-17-14)12(16)13(15(18)20)19(21)22/h2-8H,16H2,1H3. The number of rotatable bonds is 3. The largest absolute Gasteiger partial charge is 0.497 e. The highest BCUT2D eigenvalue weighted by atomic mass is 16.6. The lowest BCUT2D eigenvalue weighted by Crippen LogP contribution is -2.24. The molecule has 2 aromatic heterocycles. The number of aromatic nitrogens is 2.